The average Bonchev–Trinajstić information content (AvgIpc) is 2.48. The third-order valence-corrected chi connectivity index (χ3v) is 3.00. The highest BCUT2D eigenvalue weighted by molar-refractivity contribution is 6.32. The van der Waals surface area contributed by atoms with Crippen LogP contribution in [0.1, 0.15) is 19.4 Å². The molecular formula is C12H10ClN3O2. The number of nitrogens with one attached hydrogen (secondary N) is 1. The number of anilines is 1. The largest absolute Gasteiger partial charge is 0.329 e. The molecule has 2 rings (SSSR count). The van der Waals surface area contributed by atoms with Gasteiger partial charge in [0, 0.05) is 0 Å². The third kappa shape index (κ3) is 1.81. The van der Waals surface area contributed by atoms with Crippen LogP contribution in [0.2, 0.25) is 5.02 Å². The summed E-state index contributed by atoms with van der Waals surface area (Å²) in [6.07, 6.45) is 0. The zero-order valence-electron chi connectivity index (χ0n) is 9.82. The monoisotopic (exact) mass is 263 g/mol. The Labute approximate surface area is 109 Å². The maximum Gasteiger partial charge on any atom is 0.329 e. The highest BCUT2D eigenvalue weighted by atomic mass is 35.5. The molecular weight excluding hydrogens is 254 g/mol. The van der Waals surface area contributed by atoms with E-state index in [2.05, 4.69) is 5.32 Å². The van der Waals surface area contributed by atoms with Crippen molar-refractivity contribution in [3.63, 3.8) is 0 Å². The zero-order chi connectivity index (χ0) is 13.5. The fourth-order valence-corrected chi connectivity index (χ4v) is 1.93. The van der Waals surface area contributed by atoms with E-state index in [1.807, 2.05) is 6.07 Å². The number of nitriles is 1. The van der Waals surface area contributed by atoms with E-state index in [1.54, 1.807) is 13.8 Å². The Morgan fingerprint density at radius 1 is 1.39 bits per heavy atom. The Morgan fingerprint density at radius 2 is 2.06 bits per heavy atom. The fraction of sp³-hybridized carbons (Fsp3) is 0.250. The van der Waals surface area contributed by atoms with Gasteiger partial charge in [0.05, 0.1) is 16.3 Å². The Bertz CT molecular complexity index is 589. The molecule has 1 aromatic carbocycles. The van der Waals surface area contributed by atoms with Gasteiger partial charge in [-0.15, -0.1) is 0 Å². The van der Waals surface area contributed by atoms with E-state index >= 15 is 0 Å². The zero-order valence-corrected chi connectivity index (χ0v) is 10.6. The van der Waals surface area contributed by atoms with Crippen molar-refractivity contribution in [2.45, 2.75) is 19.4 Å². The van der Waals surface area contributed by atoms with Crippen LogP contribution in [0.5, 0.6) is 0 Å². The summed E-state index contributed by atoms with van der Waals surface area (Å²) in [7, 11) is 0. The molecule has 0 atom stereocenters. The summed E-state index contributed by atoms with van der Waals surface area (Å²) in [6.45, 7) is 3.25. The van der Waals surface area contributed by atoms with Crippen molar-refractivity contribution in [3.05, 3.63) is 28.8 Å². The number of carbonyl (C=O) groups is 2. The first-order valence-corrected chi connectivity index (χ1v) is 5.61. The number of carbonyl (C=O) groups excluding carboxylic acids is 2. The van der Waals surface area contributed by atoms with E-state index < -0.39 is 11.6 Å². The molecule has 18 heavy (non-hydrogen) atoms. The highest BCUT2D eigenvalue weighted by Crippen LogP contribution is 2.28. The molecule has 3 amide bonds. The summed E-state index contributed by atoms with van der Waals surface area (Å²) in [5.74, 6) is -0.353. The SMILES string of the molecule is CC1(C)NC(=O)N(c2ccc(C#N)c(Cl)c2)C1=O. The van der Waals surface area contributed by atoms with Crippen LogP contribution >= 0.6 is 11.6 Å². The van der Waals surface area contributed by atoms with Gasteiger partial charge in [0.1, 0.15) is 11.6 Å². The van der Waals surface area contributed by atoms with Crippen molar-refractivity contribution in [2.24, 2.45) is 0 Å². The first kappa shape index (κ1) is 12.4. The van der Waals surface area contributed by atoms with Crippen molar-refractivity contribution < 1.29 is 9.59 Å². The number of amides is 3. The minimum Gasteiger partial charge on any atom is -0.323 e. The maximum atomic E-state index is 12.0. The Hall–Kier alpha value is -2.06. The predicted molar refractivity (Wildman–Crippen MR) is 66.3 cm³/mol. The van der Waals surface area contributed by atoms with E-state index in [4.69, 9.17) is 16.9 Å². The van der Waals surface area contributed by atoms with Gasteiger partial charge in [-0.05, 0) is 32.0 Å². The number of urea groups is 1. The molecule has 92 valence electrons. The molecule has 0 saturated carbocycles. The van der Waals surface area contributed by atoms with Crippen LogP contribution in [0.4, 0.5) is 10.5 Å². The molecule has 1 heterocycles. The summed E-state index contributed by atoms with van der Waals surface area (Å²) >= 11 is 5.88. The quantitative estimate of drug-likeness (QED) is 0.788. The summed E-state index contributed by atoms with van der Waals surface area (Å²) < 4.78 is 0. The number of halogens is 1. The first-order chi connectivity index (χ1) is 8.36. The van der Waals surface area contributed by atoms with Crippen molar-refractivity contribution in [1.82, 2.24) is 5.32 Å². The normalized spacial score (nSPS) is 17.6. The Morgan fingerprint density at radius 3 is 2.50 bits per heavy atom. The molecule has 1 fully saturated rings. The number of hydrogen-bond donors (Lipinski definition) is 1. The van der Waals surface area contributed by atoms with E-state index in [1.165, 1.54) is 18.2 Å². The van der Waals surface area contributed by atoms with E-state index in [-0.39, 0.29) is 10.9 Å². The van der Waals surface area contributed by atoms with Crippen molar-refractivity contribution in [2.75, 3.05) is 4.90 Å². The van der Waals surface area contributed by atoms with E-state index in [9.17, 15) is 9.59 Å². The van der Waals surface area contributed by atoms with Gasteiger partial charge in [0.15, 0.2) is 0 Å². The highest BCUT2D eigenvalue weighted by Gasteiger charge is 2.45. The fourth-order valence-electron chi connectivity index (χ4n) is 1.72. The molecule has 1 aliphatic heterocycles. The van der Waals surface area contributed by atoms with Crippen molar-refractivity contribution in [3.8, 4) is 6.07 Å². The van der Waals surface area contributed by atoms with Crippen LogP contribution in [0.3, 0.4) is 0 Å². The van der Waals surface area contributed by atoms with Gasteiger partial charge in [-0.25, -0.2) is 9.69 Å². The lowest BCUT2D eigenvalue weighted by molar-refractivity contribution is -0.120. The van der Waals surface area contributed by atoms with Gasteiger partial charge >= 0.3 is 6.03 Å². The summed E-state index contributed by atoms with van der Waals surface area (Å²) in [5.41, 5.74) is -0.281. The number of nitrogens with zero attached hydrogens (tertiary/aromatic N) is 2. The van der Waals surface area contributed by atoms with Crippen LogP contribution < -0.4 is 10.2 Å². The minimum atomic E-state index is -0.933. The van der Waals surface area contributed by atoms with E-state index in [0.29, 0.717) is 11.3 Å². The van der Waals surface area contributed by atoms with Gasteiger partial charge in [0.2, 0.25) is 0 Å². The molecule has 0 aliphatic carbocycles. The molecule has 1 saturated heterocycles. The van der Waals surface area contributed by atoms with Gasteiger partial charge in [-0.2, -0.15) is 5.26 Å². The van der Waals surface area contributed by atoms with Gasteiger partial charge in [0.25, 0.3) is 5.91 Å². The Kier molecular flexibility index (Phi) is 2.76. The van der Waals surface area contributed by atoms with Gasteiger partial charge < -0.3 is 5.32 Å². The average molecular weight is 264 g/mol. The molecule has 5 nitrogen and oxygen atoms in total. The maximum absolute atomic E-state index is 12.0. The van der Waals surface area contributed by atoms with Crippen LogP contribution in [-0.4, -0.2) is 17.5 Å². The standard InChI is InChI=1S/C12H10ClN3O2/c1-12(2)10(17)16(11(18)15-12)8-4-3-7(6-14)9(13)5-8/h3-5H,1-2H3,(H,15,18). The molecule has 0 spiro atoms. The second kappa shape index (κ2) is 4.00. The number of rotatable bonds is 1. The lowest BCUT2D eigenvalue weighted by Gasteiger charge is -2.16. The number of hydrogen-bond acceptors (Lipinski definition) is 3. The minimum absolute atomic E-state index is 0.209. The molecule has 6 heteroatoms. The number of benzene rings is 1. The predicted octanol–water partition coefficient (Wildman–Crippen LogP) is 2.05. The number of imide groups is 1. The van der Waals surface area contributed by atoms with Crippen LogP contribution in [-0.2, 0) is 4.79 Å². The molecule has 1 N–H and O–H groups in total. The smallest absolute Gasteiger partial charge is 0.323 e. The second-order valence-corrected chi connectivity index (χ2v) is 4.88. The van der Waals surface area contributed by atoms with E-state index in [0.717, 1.165) is 4.90 Å². The van der Waals surface area contributed by atoms with Crippen LogP contribution in [0.25, 0.3) is 0 Å². The molecule has 0 bridgehead atoms. The van der Waals surface area contributed by atoms with Gasteiger partial charge in [-0.1, -0.05) is 11.6 Å². The second-order valence-electron chi connectivity index (χ2n) is 4.47. The van der Waals surface area contributed by atoms with Gasteiger partial charge in [-0.3, -0.25) is 4.79 Å². The molecule has 0 radical (unpaired) electrons. The van der Waals surface area contributed by atoms with Crippen molar-refractivity contribution in [1.29, 1.82) is 5.26 Å². The molecule has 1 aromatic rings. The summed E-state index contributed by atoms with van der Waals surface area (Å²) in [6, 6.07) is 5.84. The topological polar surface area (TPSA) is 73.2 Å². The molecule has 0 aromatic heterocycles. The lowest BCUT2D eigenvalue weighted by atomic mass is 10.1. The first-order valence-electron chi connectivity index (χ1n) is 5.23. The van der Waals surface area contributed by atoms with Crippen LogP contribution in [0.15, 0.2) is 18.2 Å². The Balaban J connectivity index is 2.45. The van der Waals surface area contributed by atoms with Crippen LogP contribution in [0, 0.1) is 11.3 Å². The summed E-state index contributed by atoms with van der Waals surface area (Å²) in [4.78, 5) is 24.8. The van der Waals surface area contributed by atoms with Crippen molar-refractivity contribution >= 4 is 29.2 Å². The summed E-state index contributed by atoms with van der Waals surface area (Å²) in [5, 5.41) is 11.5. The third-order valence-electron chi connectivity index (χ3n) is 2.69. The lowest BCUT2D eigenvalue weighted by Crippen LogP contribution is -2.40. The molecule has 0 unspecified atom stereocenters. The molecule has 1 aliphatic rings.